The number of fused-ring (bicyclic) bond motifs is 1. The lowest BCUT2D eigenvalue weighted by atomic mass is 10.1. The highest BCUT2D eigenvalue weighted by Gasteiger charge is 2.20. The number of anilines is 1. The third-order valence-electron chi connectivity index (χ3n) is 6.25. The average Bonchev–Trinajstić information content (AvgIpc) is 3.30. The molecule has 36 heavy (non-hydrogen) atoms. The number of nitrogens with one attached hydrogen (secondary N) is 1. The predicted molar refractivity (Wildman–Crippen MR) is 138 cm³/mol. The first kappa shape index (κ1) is 22.1. The molecule has 1 aliphatic heterocycles. The summed E-state index contributed by atoms with van der Waals surface area (Å²) in [6, 6.07) is 15.5. The molecule has 0 amide bonds. The van der Waals surface area contributed by atoms with Gasteiger partial charge < -0.3 is 9.64 Å². The Morgan fingerprint density at radius 3 is 2.69 bits per heavy atom. The molecule has 1 saturated heterocycles. The van der Waals surface area contributed by atoms with Gasteiger partial charge in [-0.3, -0.25) is 19.9 Å². The maximum Gasteiger partial charge on any atom is 0.274 e. The van der Waals surface area contributed by atoms with Gasteiger partial charge in [0.05, 0.1) is 24.4 Å². The summed E-state index contributed by atoms with van der Waals surface area (Å²) in [4.78, 5) is 33.7. The van der Waals surface area contributed by atoms with Gasteiger partial charge in [-0.2, -0.15) is 9.67 Å². The van der Waals surface area contributed by atoms with Crippen molar-refractivity contribution in [3.63, 3.8) is 0 Å². The Hall–Kier alpha value is -4.37. The smallest absolute Gasteiger partial charge is 0.274 e. The van der Waals surface area contributed by atoms with Crippen molar-refractivity contribution in [1.29, 1.82) is 0 Å². The number of ether oxygens (including phenoxy) is 1. The molecule has 1 fully saturated rings. The molecule has 5 heterocycles. The van der Waals surface area contributed by atoms with Gasteiger partial charge in [0, 0.05) is 44.2 Å². The molecule has 9 nitrogen and oxygen atoms in total. The molecule has 4 aromatic heterocycles. The van der Waals surface area contributed by atoms with Crippen LogP contribution in [0.5, 0.6) is 0 Å². The van der Waals surface area contributed by atoms with E-state index in [0.29, 0.717) is 55.3 Å². The molecule has 1 aromatic carbocycles. The second-order valence-electron chi connectivity index (χ2n) is 8.91. The Morgan fingerprint density at radius 1 is 1.00 bits per heavy atom. The summed E-state index contributed by atoms with van der Waals surface area (Å²) in [5, 5.41) is 3.20. The van der Waals surface area contributed by atoms with Crippen LogP contribution < -0.4 is 10.5 Å². The van der Waals surface area contributed by atoms with Crippen LogP contribution in [0.3, 0.4) is 0 Å². The highest BCUT2D eigenvalue weighted by molar-refractivity contribution is 5.86. The fraction of sp³-hybridized carbons (Fsp3) is 0.222. The zero-order valence-corrected chi connectivity index (χ0v) is 19.9. The number of aromatic amines is 1. The topological polar surface area (TPSA) is 102 Å². The minimum atomic E-state index is -0.224. The number of aromatic nitrogens is 6. The van der Waals surface area contributed by atoms with Crippen LogP contribution in [0, 0.1) is 6.92 Å². The zero-order chi connectivity index (χ0) is 24.5. The number of H-pyrrole nitrogens is 1. The second-order valence-corrected chi connectivity index (χ2v) is 8.91. The van der Waals surface area contributed by atoms with Crippen LogP contribution in [0.1, 0.15) is 16.7 Å². The summed E-state index contributed by atoms with van der Waals surface area (Å²) in [6.07, 6.45) is 6.15. The molecule has 9 heteroatoms. The highest BCUT2D eigenvalue weighted by Crippen LogP contribution is 2.26. The van der Waals surface area contributed by atoms with Crippen LogP contribution in [0.4, 0.5) is 5.82 Å². The molecule has 5 aromatic rings. The lowest BCUT2D eigenvalue weighted by molar-refractivity contribution is 0.122. The standard InChI is InChI=1S/C27H25N7O2/c1-18-4-2-6-21(12-18)22-15-24(35)34(32-22)27-30-23-14-20(13-19-5-3-7-28-16-19)17-29-25(23)26(31-27)33-8-10-36-11-9-33/h2-7,12,14-17,32H,8-11,13H2,1H3. The number of pyridine rings is 2. The number of morpholine rings is 1. The van der Waals surface area contributed by atoms with E-state index in [-0.39, 0.29) is 11.5 Å². The largest absolute Gasteiger partial charge is 0.378 e. The molecule has 0 spiro atoms. The third kappa shape index (κ3) is 4.36. The van der Waals surface area contributed by atoms with Crippen molar-refractivity contribution in [2.45, 2.75) is 13.3 Å². The van der Waals surface area contributed by atoms with Crippen LogP contribution in [-0.4, -0.2) is 56.0 Å². The van der Waals surface area contributed by atoms with Crippen LogP contribution in [0.2, 0.25) is 0 Å². The summed E-state index contributed by atoms with van der Waals surface area (Å²) in [7, 11) is 0. The third-order valence-corrected chi connectivity index (χ3v) is 6.25. The predicted octanol–water partition coefficient (Wildman–Crippen LogP) is 3.30. The van der Waals surface area contributed by atoms with Crippen molar-refractivity contribution in [1.82, 2.24) is 29.7 Å². The van der Waals surface area contributed by atoms with Crippen molar-refractivity contribution in [3.8, 4) is 17.2 Å². The Morgan fingerprint density at radius 2 is 1.89 bits per heavy atom. The lowest BCUT2D eigenvalue weighted by Gasteiger charge is -2.28. The van der Waals surface area contributed by atoms with E-state index < -0.39 is 0 Å². The van der Waals surface area contributed by atoms with Crippen molar-refractivity contribution < 1.29 is 4.74 Å². The first-order valence-electron chi connectivity index (χ1n) is 11.9. The summed E-state index contributed by atoms with van der Waals surface area (Å²) in [5.41, 5.74) is 6.01. The van der Waals surface area contributed by atoms with E-state index in [1.54, 1.807) is 12.3 Å². The summed E-state index contributed by atoms with van der Waals surface area (Å²) in [5.74, 6) is 0.984. The Bertz CT molecular complexity index is 1590. The Balaban J connectivity index is 1.47. The van der Waals surface area contributed by atoms with Gasteiger partial charge in [-0.1, -0.05) is 29.8 Å². The minimum absolute atomic E-state index is 0.224. The fourth-order valence-electron chi connectivity index (χ4n) is 4.47. The molecule has 1 N–H and O–H groups in total. The van der Waals surface area contributed by atoms with Crippen LogP contribution in [0.25, 0.3) is 28.2 Å². The number of aryl methyl sites for hydroxylation is 1. The molecule has 0 radical (unpaired) electrons. The van der Waals surface area contributed by atoms with Gasteiger partial charge in [-0.25, -0.2) is 4.98 Å². The van der Waals surface area contributed by atoms with E-state index in [1.807, 2.05) is 61.8 Å². The maximum absolute atomic E-state index is 13.0. The molecule has 6 rings (SSSR count). The first-order valence-corrected chi connectivity index (χ1v) is 11.9. The van der Waals surface area contributed by atoms with Crippen molar-refractivity contribution in [3.05, 3.63) is 94.2 Å². The van der Waals surface area contributed by atoms with Gasteiger partial charge in [-0.15, -0.1) is 0 Å². The van der Waals surface area contributed by atoms with Gasteiger partial charge in [-0.05, 0) is 41.8 Å². The van der Waals surface area contributed by atoms with Gasteiger partial charge >= 0.3 is 0 Å². The van der Waals surface area contributed by atoms with E-state index >= 15 is 0 Å². The molecular formula is C27H25N7O2. The molecule has 0 unspecified atom stereocenters. The van der Waals surface area contributed by atoms with Gasteiger partial charge in [0.2, 0.25) is 0 Å². The van der Waals surface area contributed by atoms with E-state index in [2.05, 4.69) is 15.0 Å². The van der Waals surface area contributed by atoms with Gasteiger partial charge in [0.1, 0.15) is 5.52 Å². The van der Waals surface area contributed by atoms with Gasteiger partial charge in [0.25, 0.3) is 11.5 Å². The lowest BCUT2D eigenvalue weighted by Crippen LogP contribution is -2.37. The summed E-state index contributed by atoms with van der Waals surface area (Å²) in [6.45, 7) is 4.63. The van der Waals surface area contributed by atoms with Crippen molar-refractivity contribution in [2.75, 3.05) is 31.2 Å². The Labute approximate surface area is 207 Å². The summed E-state index contributed by atoms with van der Waals surface area (Å²) < 4.78 is 6.94. The molecule has 0 atom stereocenters. The first-order chi connectivity index (χ1) is 17.6. The molecule has 180 valence electrons. The van der Waals surface area contributed by atoms with E-state index in [4.69, 9.17) is 19.7 Å². The Kier molecular flexibility index (Phi) is 5.74. The van der Waals surface area contributed by atoms with E-state index in [9.17, 15) is 4.79 Å². The average molecular weight is 480 g/mol. The molecule has 0 bridgehead atoms. The minimum Gasteiger partial charge on any atom is -0.378 e. The second kappa shape index (κ2) is 9.35. The SMILES string of the molecule is Cc1cccc(-c2cc(=O)n(-c3nc(N4CCOCC4)c4ncc(Cc5cccnc5)cc4n3)[nH]2)c1. The fourth-order valence-corrected chi connectivity index (χ4v) is 4.47. The van der Waals surface area contributed by atoms with Crippen LogP contribution in [0.15, 0.2) is 71.9 Å². The maximum atomic E-state index is 13.0. The van der Waals surface area contributed by atoms with Crippen molar-refractivity contribution >= 4 is 16.9 Å². The van der Waals surface area contributed by atoms with Gasteiger partial charge in [0.15, 0.2) is 5.82 Å². The molecule has 0 saturated carbocycles. The van der Waals surface area contributed by atoms with Crippen molar-refractivity contribution in [2.24, 2.45) is 0 Å². The number of hydrogen-bond donors (Lipinski definition) is 1. The highest BCUT2D eigenvalue weighted by atomic mass is 16.5. The molecular weight excluding hydrogens is 454 g/mol. The number of nitrogens with zero attached hydrogens (tertiary/aromatic N) is 6. The van der Waals surface area contributed by atoms with Crippen LogP contribution in [-0.2, 0) is 11.2 Å². The quantitative estimate of drug-likeness (QED) is 0.413. The number of benzene rings is 1. The van der Waals surface area contributed by atoms with E-state index in [1.165, 1.54) is 4.68 Å². The van der Waals surface area contributed by atoms with E-state index in [0.717, 1.165) is 22.3 Å². The summed E-state index contributed by atoms with van der Waals surface area (Å²) >= 11 is 0. The number of hydrogen-bond acceptors (Lipinski definition) is 7. The van der Waals surface area contributed by atoms with Crippen LogP contribution >= 0.6 is 0 Å². The zero-order valence-electron chi connectivity index (χ0n) is 19.9. The normalized spacial score (nSPS) is 13.9. The molecule has 0 aliphatic carbocycles. The number of rotatable bonds is 5. The molecule has 1 aliphatic rings. The monoisotopic (exact) mass is 479 g/mol.